The maximum atomic E-state index is 12.3. The second-order valence-corrected chi connectivity index (χ2v) is 7.34. The summed E-state index contributed by atoms with van der Waals surface area (Å²) in [5.41, 5.74) is 3.95. The van der Waals surface area contributed by atoms with E-state index >= 15 is 0 Å². The van der Waals surface area contributed by atoms with Crippen LogP contribution in [0.4, 0.5) is 0 Å². The van der Waals surface area contributed by atoms with Crippen molar-refractivity contribution in [1.29, 1.82) is 0 Å². The number of fused-ring (bicyclic) bond motifs is 3. The quantitative estimate of drug-likeness (QED) is 0.648. The number of aromatic amines is 1. The SMILES string of the molecule is CCOC(=O)C1CCCn2c(cc3c(-c4cn[nH]c4)cc(Cl)c(Cl)c32)C1. The van der Waals surface area contributed by atoms with Crippen molar-refractivity contribution in [3.8, 4) is 11.1 Å². The van der Waals surface area contributed by atoms with Crippen LogP contribution in [0.2, 0.25) is 10.0 Å². The van der Waals surface area contributed by atoms with Gasteiger partial charge >= 0.3 is 5.97 Å². The molecule has 0 amide bonds. The first kappa shape index (κ1) is 17.4. The van der Waals surface area contributed by atoms with Gasteiger partial charge in [-0.15, -0.1) is 0 Å². The summed E-state index contributed by atoms with van der Waals surface area (Å²) in [6.07, 6.45) is 5.96. The number of hydrogen-bond acceptors (Lipinski definition) is 3. The zero-order chi connectivity index (χ0) is 18.3. The molecule has 1 aliphatic rings. The second-order valence-electron chi connectivity index (χ2n) is 6.55. The molecule has 0 bridgehead atoms. The summed E-state index contributed by atoms with van der Waals surface area (Å²) in [7, 11) is 0. The van der Waals surface area contributed by atoms with Crippen molar-refractivity contribution in [2.24, 2.45) is 5.92 Å². The third-order valence-corrected chi connectivity index (χ3v) is 5.76. The van der Waals surface area contributed by atoms with Gasteiger partial charge in [0.2, 0.25) is 0 Å². The van der Waals surface area contributed by atoms with Gasteiger partial charge in [0.05, 0.1) is 34.3 Å². The van der Waals surface area contributed by atoms with Gasteiger partial charge in [-0.1, -0.05) is 23.2 Å². The van der Waals surface area contributed by atoms with E-state index in [2.05, 4.69) is 20.8 Å². The highest BCUT2D eigenvalue weighted by atomic mass is 35.5. The number of rotatable bonds is 3. The molecule has 4 rings (SSSR count). The number of benzene rings is 1. The molecule has 1 atom stereocenters. The molecule has 0 fully saturated rings. The standard InChI is InChI=1S/C19H19Cl2N3O2/c1-2-26-19(25)11-4-3-5-24-13(6-11)7-15-14(12-9-22-23-10-12)8-16(20)17(21)18(15)24/h7-11H,2-6H2,1H3,(H,22,23). The monoisotopic (exact) mass is 391 g/mol. The molecule has 7 heteroatoms. The lowest BCUT2D eigenvalue weighted by molar-refractivity contribution is -0.148. The molecule has 2 aromatic heterocycles. The Labute approximate surface area is 161 Å². The number of ether oxygens (including phenoxy) is 1. The van der Waals surface area contributed by atoms with Crippen LogP contribution in [-0.2, 0) is 22.5 Å². The molecule has 26 heavy (non-hydrogen) atoms. The van der Waals surface area contributed by atoms with Gasteiger partial charge in [0, 0.05) is 35.8 Å². The molecule has 3 aromatic rings. The fraction of sp³-hybridized carbons (Fsp3) is 0.368. The lowest BCUT2D eigenvalue weighted by atomic mass is 9.98. The molecule has 0 spiro atoms. The number of H-pyrrole nitrogens is 1. The summed E-state index contributed by atoms with van der Waals surface area (Å²) in [5, 5.41) is 8.98. The summed E-state index contributed by atoms with van der Waals surface area (Å²) < 4.78 is 7.44. The van der Waals surface area contributed by atoms with Gasteiger partial charge in [-0.3, -0.25) is 9.89 Å². The zero-order valence-electron chi connectivity index (χ0n) is 14.4. The Morgan fingerprint density at radius 3 is 3.00 bits per heavy atom. The largest absolute Gasteiger partial charge is 0.466 e. The third kappa shape index (κ3) is 2.89. The lowest BCUT2D eigenvalue weighted by Gasteiger charge is -2.12. The number of aryl methyl sites for hydroxylation is 1. The Morgan fingerprint density at radius 2 is 2.27 bits per heavy atom. The summed E-state index contributed by atoms with van der Waals surface area (Å²) >= 11 is 13.0. The molecule has 136 valence electrons. The number of nitrogens with one attached hydrogen (secondary N) is 1. The van der Waals surface area contributed by atoms with Gasteiger partial charge in [0.1, 0.15) is 0 Å². The van der Waals surface area contributed by atoms with Crippen LogP contribution in [-0.4, -0.2) is 27.3 Å². The molecule has 3 heterocycles. The smallest absolute Gasteiger partial charge is 0.309 e. The molecule has 1 N–H and O–H groups in total. The molecular weight excluding hydrogens is 373 g/mol. The minimum absolute atomic E-state index is 0.118. The molecule has 0 saturated heterocycles. The average Bonchev–Trinajstić information content (AvgIpc) is 3.22. The van der Waals surface area contributed by atoms with E-state index in [9.17, 15) is 4.79 Å². The zero-order valence-corrected chi connectivity index (χ0v) is 15.9. The maximum Gasteiger partial charge on any atom is 0.309 e. The number of esters is 1. The normalized spacial score (nSPS) is 17.1. The van der Waals surface area contributed by atoms with Crippen molar-refractivity contribution in [1.82, 2.24) is 14.8 Å². The molecule has 0 aliphatic carbocycles. The number of nitrogens with zero attached hydrogens (tertiary/aromatic N) is 2. The van der Waals surface area contributed by atoms with Crippen LogP contribution in [0.3, 0.4) is 0 Å². The predicted molar refractivity (Wildman–Crippen MR) is 103 cm³/mol. The number of aromatic nitrogens is 3. The highest BCUT2D eigenvalue weighted by Gasteiger charge is 2.27. The van der Waals surface area contributed by atoms with Gasteiger partial charge in [0.15, 0.2) is 0 Å². The molecule has 5 nitrogen and oxygen atoms in total. The number of carbonyl (C=O) groups excluding carboxylic acids is 1. The summed E-state index contributed by atoms with van der Waals surface area (Å²) in [4.78, 5) is 12.3. The van der Waals surface area contributed by atoms with Crippen molar-refractivity contribution in [2.75, 3.05) is 6.61 Å². The lowest BCUT2D eigenvalue weighted by Crippen LogP contribution is -2.19. The van der Waals surface area contributed by atoms with E-state index < -0.39 is 0 Å². The third-order valence-electron chi connectivity index (χ3n) is 4.98. The molecule has 1 unspecified atom stereocenters. The van der Waals surface area contributed by atoms with Gasteiger partial charge < -0.3 is 9.30 Å². The minimum Gasteiger partial charge on any atom is -0.466 e. The topological polar surface area (TPSA) is 59.9 Å². The van der Waals surface area contributed by atoms with Gasteiger partial charge in [-0.25, -0.2) is 0 Å². The number of carbonyl (C=O) groups is 1. The Kier molecular flexibility index (Phi) is 4.67. The van der Waals surface area contributed by atoms with Crippen LogP contribution >= 0.6 is 23.2 Å². The Hall–Kier alpha value is -1.98. The molecule has 1 aliphatic heterocycles. The summed E-state index contributed by atoms with van der Waals surface area (Å²) in [6, 6.07) is 4.00. The summed E-state index contributed by atoms with van der Waals surface area (Å²) in [6.45, 7) is 3.05. The predicted octanol–water partition coefficient (Wildman–Crippen LogP) is 4.85. The first-order valence-corrected chi connectivity index (χ1v) is 9.51. The van der Waals surface area contributed by atoms with Crippen molar-refractivity contribution < 1.29 is 9.53 Å². The second kappa shape index (κ2) is 6.97. The highest BCUT2D eigenvalue weighted by Crippen LogP contribution is 2.41. The molecule has 0 radical (unpaired) electrons. The van der Waals surface area contributed by atoms with Gasteiger partial charge in [0.25, 0.3) is 0 Å². The van der Waals surface area contributed by atoms with Crippen molar-refractivity contribution >= 4 is 40.1 Å². The summed E-state index contributed by atoms with van der Waals surface area (Å²) in [5.74, 6) is -0.238. The Morgan fingerprint density at radius 1 is 1.42 bits per heavy atom. The Bertz CT molecular complexity index is 963. The van der Waals surface area contributed by atoms with E-state index in [1.165, 1.54) is 0 Å². The van der Waals surface area contributed by atoms with E-state index in [4.69, 9.17) is 27.9 Å². The highest BCUT2D eigenvalue weighted by molar-refractivity contribution is 6.45. The van der Waals surface area contributed by atoms with Crippen LogP contribution in [0, 0.1) is 5.92 Å². The van der Waals surface area contributed by atoms with Crippen LogP contribution in [0.25, 0.3) is 22.0 Å². The van der Waals surface area contributed by atoms with Crippen molar-refractivity contribution in [3.63, 3.8) is 0 Å². The first-order valence-electron chi connectivity index (χ1n) is 8.76. The fourth-order valence-electron chi connectivity index (χ4n) is 3.80. The number of hydrogen-bond donors (Lipinski definition) is 1. The van der Waals surface area contributed by atoms with E-state index in [1.807, 2.05) is 19.2 Å². The molecular formula is C19H19Cl2N3O2. The number of halogens is 2. The van der Waals surface area contributed by atoms with Crippen molar-refractivity contribution in [3.05, 3.63) is 40.3 Å². The first-order chi connectivity index (χ1) is 12.6. The van der Waals surface area contributed by atoms with E-state index in [-0.39, 0.29) is 11.9 Å². The fourth-order valence-corrected chi connectivity index (χ4v) is 4.26. The van der Waals surface area contributed by atoms with Crippen LogP contribution in [0.5, 0.6) is 0 Å². The molecule has 1 aromatic carbocycles. The van der Waals surface area contributed by atoms with Crippen LogP contribution in [0.15, 0.2) is 24.5 Å². The van der Waals surface area contributed by atoms with Gasteiger partial charge in [-0.2, -0.15) is 5.10 Å². The molecule has 0 saturated carbocycles. The van der Waals surface area contributed by atoms with Crippen LogP contribution in [0.1, 0.15) is 25.5 Å². The van der Waals surface area contributed by atoms with Gasteiger partial charge in [-0.05, 0) is 37.5 Å². The van der Waals surface area contributed by atoms with Crippen LogP contribution < -0.4 is 0 Å². The Balaban J connectivity index is 1.87. The van der Waals surface area contributed by atoms with E-state index in [0.717, 1.165) is 47.1 Å². The maximum absolute atomic E-state index is 12.3. The van der Waals surface area contributed by atoms with Crippen molar-refractivity contribution in [2.45, 2.75) is 32.7 Å². The minimum atomic E-state index is -0.120. The van der Waals surface area contributed by atoms with E-state index in [0.29, 0.717) is 23.1 Å². The average molecular weight is 392 g/mol. The van der Waals surface area contributed by atoms with E-state index in [1.54, 1.807) is 6.20 Å².